The fraction of sp³-hybridized carbons (Fsp3) is 1.00. The Morgan fingerprint density at radius 2 is 2.54 bits per heavy atom. The molecule has 1 heterocycles. The quantitative estimate of drug-likeness (QED) is 0.731. The van der Waals surface area contributed by atoms with E-state index in [0.717, 1.165) is 0 Å². The minimum Gasteiger partial charge on any atom is -0.379 e. The molecule has 3 nitrogen and oxygen atoms in total. The van der Waals surface area contributed by atoms with Gasteiger partial charge in [0.05, 0.1) is 19.8 Å². The molecule has 0 aromatic heterocycles. The molecule has 0 aromatic rings. The predicted molar refractivity (Wildman–Crippen MR) is 57.1 cm³/mol. The first kappa shape index (κ1) is 10.1. The van der Waals surface area contributed by atoms with E-state index in [0.29, 0.717) is 19.0 Å². The Balaban J connectivity index is 2.40. The molecule has 5 heteroatoms. The van der Waals surface area contributed by atoms with Gasteiger partial charge in [-0.05, 0) is 19.5 Å². The highest BCUT2D eigenvalue weighted by Crippen LogP contribution is 2.38. The highest BCUT2D eigenvalue weighted by atomic mass is 32.4. The molecule has 78 valence electrons. The Kier molecular flexibility index (Phi) is 3.75. The first-order chi connectivity index (χ1) is 6.42. The summed E-state index contributed by atoms with van der Waals surface area (Å²) < 4.78 is 18.0. The summed E-state index contributed by atoms with van der Waals surface area (Å²) in [7, 11) is 1.63. The zero-order chi connectivity index (χ0) is 10.8. The molecule has 0 radical (unpaired) electrons. The van der Waals surface area contributed by atoms with Crippen LogP contribution in [-0.2, 0) is 21.3 Å². The summed E-state index contributed by atoms with van der Waals surface area (Å²) in [5.74, 6) is 0. The lowest BCUT2D eigenvalue weighted by molar-refractivity contribution is 0.0148. The van der Waals surface area contributed by atoms with Crippen LogP contribution >= 0.6 is 6.26 Å². The van der Waals surface area contributed by atoms with Gasteiger partial charge in [0.2, 0.25) is 0 Å². The van der Waals surface area contributed by atoms with Crippen molar-refractivity contribution in [1.29, 1.82) is 0 Å². The van der Waals surface area contributed by atoms with Crippen LogP contribution in [0, 0.1) is 0 Å². The topological polar surface area (TPSA) is 38.7 Å². The molecule has 4 atom stereocenters. The second kappa shape index (κ2) is 4.85. The van der Waals surface area contributed by atoms with Crippen molar-refractivity contribution in [2.45, 2.75) is 25.0 Å². The highest BCUT2D eigenvalue weighted by molar-refractivity contribution is 8.11. The minimum absolute atomic E-state index is 0.0148. The van der Waals surface area contributed by atoms with Crippen molar-refractivity contribution >= 4 is 18.1 Å². The van der Waals surface area contributed by atoms with Gasteiger partial charge in [0.25, 0.3) is 0 Å². The van der Waals surface area contributed by atoms with Crippen molar-refractivity contribution in [2.24, 2.45) is 0 Å². The van der Waals surface area contributed by atoms with E-state index in [4.69, 9.17) is 22.7 Å². The summed E-state index contributed by atoms with van der Waals surface area (Å²) in [5.41, 5.74) is 0. The number of hydrogen-bond acceptors (Lipinski definition) is 3. The van der Waals surface area contributed by atoms with E-state index in [9.17, 15) is 4.89 Å². The summed E-state index contributed by atoms with van der Waals surface area (Å²) in [4.78, 5) is 9.49. The van der Waals surface area contributed by atoms with E-state index in [1.165, 1.54) is 0 Å². The van der Waals surface area contributed by atoms with Gasteiger partial charge in [0.15, 0.2) is 0 Å². The van der Waals surface area contributed by atoms with Gasteiger partial charge in [-0.15, -0.1) is 0 Å². The molecular formula is C8H17O3PS. The Morgan fingerprint density at radius 1 is 1.85 bits per heavy atom. The first-order valence-electron chi connectivity index (χ1n) is 4.90. The minimum atomic E-state index is -2.14. The number of methoxy groups -OCH3 is 1. The molecule has 0 amide bonds. The summed E-state index contributed by atoms with van der Waals surface area (Å²) in [6, 6.07) is 0. The molecule has 1 aliphatic rings. The molecule has 1 rings (SSSR count). The average Bonchev–Trinajstić information content (AvgIpc) is 2.41. The highest BCUT2D eigenvalue weighted by Gasteiger charge is 2.28. The van der Waals surface area contributed by atoms with Gasteiger partial charge in [0, 0.05) is 19.9 Å². The van der Waals surface area contributed by atoms with Crippen LogP contribution in [0.15, 0.2) is 0 Å². The average molecular weight is 226 g/mol. The number of ether oxygens (including phenoxy) is 2. The third-order valence-corrected chi connectivity index (χ3v) is 3.78. The van der Waals surface area contributed by atoms with Gasteiger partial charge >= 0.3 is 0 Å². The smallest absolute Gasteiger partial charge is 0.0854 e. The van der Waals surface area contributed by atoms with Crippen LogP contribution in [0.1, 0.15) is 14.2 Å². The van der Waals surface area contributed by atoms with Crippen LogP contribution in [0.5, 0.6) is 0 Å². The van der Waals surface area contributed by atoms with Gasteiger partial charge in [0.1, 0.15) is 0 Å². The Hall–Kier alpha value is 0.530. The lowest BCUT2D eigenvalue weighted by Crippen LogP contribution is -2.24. The monoisotopic (exact) mass is 226 g/mol. The molecule has 0 aromatic carbocycles. The van der Waals surface area contributed by atoms with E-state index < -0.39 is 12.8 Å². The standard InChI is InChI=1S/C8H17O3PS/c1-10-7-3-5-11-8(7)4-6-12(2,9)13/h7-8H,3-6H2,1-2H3,(H,9,13)/t7-,8-,12?/m1/s1/i5T/t5-,7+,8+,12?/m0. The summed E-state index contributed by atoms with van der Waals surface area (Å²) in [5, 5.41) is 0. The molecular weight excluding hydrogens is 207 g/mol. The molecule has 1 unspecified atom stereocenters. The van der Waals surface area contributed by atoms with Crippen molar-refractivity contribution in [1.82, 2.24) is 0 Å². The third-order valence-electron chi connectivity index (χ3n) is 2.15. The SMILES string of the molecule is [3H][C@H]1C[C@@H](OC)[C@@H](CCP(C)(O)=S)O1. The van der Waals surface area contributed by atoms with E-state index in [1.54, 1.807) is 13.8 Å². The van der Waals surface area contributed by atoms with Crippen molar-refractivity contribution in [3.63, 3.8) is 0 Å². The molecule has 13 heavy (non-hydrogen) atoms. The fourth-order valence-corrected chi connectivity index (χ4v) is 2.43. The Morgan fingerprint density at radius 3 is 3.08 bits per heavy atom. The molecule has 0 aliphatic carbocycles. The van der Waals surface area contributed by atoms with E-state index in [1.807, 2.05) is 0 Å². The van der Waals surface area contributed by atoms with Crippen LogP contribution in [0.2, 0.25) is 0 Å². The molecule has 1 N–H and O–H groups in total. The van der Waals surface area contributed by atoms with Gasteiger partial charge in [-0.2, -0.15) is 0 Å². The van der Waals surface area contributed by atoms with Crippen molar-refractivity contribution in [3.8, 4) is 0 Å². The van der Waals surface area contributed by atoms with Crippen molar-refractivity contribution in [3.05, 3.63) is 0 Å². The Labute approximate surface area is 85.9 Å². The molecule has 1 aliphatic heterocycles. The van der Waals surface area contributed by atoms with Gasteiger partial charge in [-0.25, -0.2) is 0 Å². The predicted octanol–water partition coefficient (Wildman–Crippen LogP) is 1.20. The molecule has 1 fully saturated rings. The molecule has 0 spiro atoms. The molecule has 0 bridgehead atoms. The van der Waals surface area contributed by atoms with E-state index in [2.05, 4.69) is 0 Å². The second-order valence-electron chi connectivity index (χ2n) is 3.41. The largest absolute Gasteiger partial charge is 0.379 e. The lowest BCUT2D eigenvalue weighted by Gasteiger charge is -2.18. The van der Waals surface area contributed by atoms with Crippen LogP contribution in [-0.4, -0.2) is 43.6 Å². The van der Waals surface area contributed by atoms with E-state index >= 15 is 0 Å². The fourth-order valence-electron chi connectivity index (χ4n) is 1.38. The first-order valence-corrected chi connectivity index (χ1v) is 7.71. The maximum absolute atomic E-state index is 9.49. The van der Waals surface area contributed by atoms with E-state index in [-0.39, 0.29) is 12.2 Å². The van der Waals surface area contributed by atoms with Crippen LogP contribution in [0.4, 0.5) is 0 Å². The lowest BCUT2D eigenvalue weighted by atomic mass is 10.1. The zero-order valence-corrected chi connectivity index (χ0v) is 9.68. The van der Waals surface area contributed by atoms with Crippen molar-refractivity contribution in [2.75, 3.05) is 26.5 Å². The van der Waals surface area contributed by atoms with Gasteiger partial charge < -0.3 is 14.4 Å². The maximum Gasteiger partial charge on any atom is 0.0854 e. The third kappa shape index (κ3) is 4.05. The van der Waals surface area contributed by atoms with Gasteiger partial charge in [-0.3, -0.25) is 0 Å². The maximum atomic E-state index is 9.49. The summed E-state index contributed by atoms with van der Waals surface area (Å²) in [6.45, 7) is 1.22. The van der Waals surface area contributed by atoms with Crippen molar-refractivity contribution < 1.29 is 15.7 Å². The van der Waals surface area contributed by atoms with Crippen LogP contribution in [0.25, 0.3) is 0 Å². The van der Waals surface area contributed by atoms with Gasteiger partial charge in [-0.1, -0.05) is 11.8 Å². The number of hydrogen-bond donors (Lipinski definition) is 1. The van der Waals surface area contributed by atoms with Crippen LogP contribution < -0.4 is 0 Å². The van der Waals surface area contributed by atoms with Crippen LogP contribution in [0.3, 0.4) is 0 Å². The summed E-state index contributed by atoms with van der Waals surface area (Å²) in [6.07, 6.45) is -0.326. The molecule has 1 saturated heterocycles. The second-order valence-corrected chi connectivity index (χ2v) is 8.32. The Bertz CT molecular complexity index is 233. The number of rotatable bonds is 4. The zero-order valence-electron chi connectivity index (χ0n) is 8.97. The summed E-state index contributed by atoms with van der Waals surface area (Å²) >= 11 is 4.95. The molecule has 0 saturated carbocycles. The normalized spacial score (nSPS) is 39.9.